The number of aromatic hydroxyl groups is 1. The lowest BCUT2D eigenvalue weighted by atomic mass is 10.1. The Labute approximate surface area is 71.2 Å². The van der Waals surface area contributed by atoms with Gasteiger partial charge in [-0.2, -0.15) is 0 Å². The topological polar surface area (TPSA) is 49.7 Å². The number of methoxy groups -OCH3 is 1. The van der Waals surface area contributed by atoms with Gasteiger partial charge in [0.1, 0.15) is 11.5 Å². The molecule has 0 saturated heterocycles. The molecule has 0 aromatic heterocycles. The molecular weight excluding hydrogens is 156 g/mol. The first-order valence-electron chi connectivity index (χ1n) is 3.70. The molecule has 0 aliphatic carbocycles. The van der Waals surface area contributed by atoms with Crippen LogP contribution in [0.2, 0.25) is 0 Å². The predicted molar refractivity (Wildman–Crippen MR) is 45.3 cm³/mol. The average molecular weight is 168 g/mol. The van der Waals surface area contributed by atoms with Crippen LogP contribution in [0.25, 0.3) is 0 Å². The maximum absolute atomic E-state index is 9.35. The fraction of sp³-hybridized carbons (Fsp3) is 0.333. The number of aliphatic hydroxyl groups is 1. The van der Waals surface area contributed by atoms with Gasteiger partial charge in [0.25, 0.3) is 0 Å². The molecule has 0 spiro atoms. The Hall–Kier alpha value is -1.22. The van der Waals surface area contributed by atoms with Crippen molar-refractivity contribution in [1.29, 1.82) is 0 Å². The molecule has 12 heavy (non-hydrogen) atoms. The fourth-order valence-corrected chi connectivity index (χ4v) is 1.00. The average Bonchev–Trinajstić information content (AvgIpc) is 2.03. The summed E-state index contributed by atoms with van der Waals surface area (Å²) in [5, 5.41) is 18.5. The largest absolute Gasteiger partial charge is 0.507 e. The van der Waals surface area contributed by atoms with Gasteiger partial charge in [0.05, 0.1) is 13.2 Å². The molecule has 1 aromatic rings. The molecule has 1 aromatic carbocycles. The molecule has 0 fully saturated rings. The van der Waals surface area contributed by atoms with E-state index in [9.17, 15) is 5.11 Å². The second-order valence-corrected chi connectivity index (χ2v) is 2.60. The van der Waals surface area contributed by atoms with Gasteiger partial charge in [-0.1, -0.05) is 0 Å². The van der Waals surface area contributed by atoms with Gasteiger partial charge in [-0.3, -0.25) is 0 Å². The minimum atomic E-state index is -0.657. The van der Waals surface area contributed by atoms with E-state index in [0.29, 0.717) is 11.3 Å². The van der Waals surface area contributed by atoms with Crippen LogP contribution < -0.4 is 4.74 Å². The minimum Gasteiger partial charge on any atom is -0.507 e. The lowest BCUT2D eigenvalue weighted by molar-refractivity contribution is 0.195. The number of phenols is 1. The number of ether oxygens (including phenoxy) is 1. The summed E-state index contributed by atoms with van der Waals surface area (Å²) in [6.07, 6.45) is -0.657. The van der Waals surface area contributed by atoms with E-state index in [-0.39, 0.29) is 5.75 Å². The van der Waals surface area contributed by atoms with Crippen molar-refractivity contribution in [1.82, 2.24) is 0 Å². The highest BCUT2D eigenvalue weighted by molar-refractivity contribution is 5.40. The first-order chi connectivity index (χ1) is 5.65. The van der Waals surface area contributed by atoms with Crippen LogP contribution in [0.1, 0.15) is 18.6 Å². The van der Waals surface area contributed by atoms with E-state index in [1.807, 2.05) is 0 Å². The van der Waals surface area contributed by atoms with Crippen LogP contribution in [0, 0.1) is 0 Å². The molecule has 3 heteroatoms. The van der Waals surface area contributed by atoms with Crippen LogP contribution in [0.5, 0.6) is 11.5 Å². The van der Waals surface area contributed by atoms with E-state index in [1.165, 1.54) is 13.2 Å². The summed E-state index contributed by atoms with van der Waals surface area (Å²) in [6.45, 7) is 1.60. The normalized spacial score (nSPS) is 12.6. The van der Waals surface area contributed by atoms with Gasteiger partial charge in [0.15, 0.2) is 0 Å². The van der Waals surface area contributed by atoms with Crippen LogP contribution >= 0.6 is 0 Å². The zero-order valence-corrected chi connectivity index (χ0v) is 7.11. The van der Waals surface area contributed by atoms with Crippen LogP contribution in [-0.2, 0) is 0 Å². The summed E-state index contributed by atoms with van der Waals surface area (Å²) >= 11 is 0. The first-order valence-corrected chi connectivity index (χ1v) is 3.70. The summed E-state index contributed by atoms with van der Waals surface area (Å²) in [4.78, 5) is 0. The molecule has 0 radical (unpaired) electrons. The van der Waals surface area contributed by atoms with E-state index in [2.05, 4.69) is 0 Å². The highest BCUT2D eigenvalue weighted by atomic mass is 16.5. The lowest BCUT2D eigenvalue weighted by Gasteiger charge is -2.08. The molecular formula is C9H12O3. The molecule has 1 rings (SSSR count). The van der Waals surface area contributed by atoms with Gasteiger partial charge >= 0.3 is 0 Å². The monoisotopic (exact) mass is 168 g/mol. The first kappa shape index (κ1) is 8.87. The third-order valence-electron chi connectivity index (χ3n) is 1.69. The SMILES string of the molecule is COc1ccc(C(C)O)c(O)c1. The Balaban J connectivity index is 3.03. The molecule has 66 valence electrons. The number of aliphatic hydroxyl groups excluding tert-OH is 1. The fourth-order valence-electron chi connectivity index (χ4n) is 1.00. The van der Waals surface area contributed by atoms with E-state index >= 15 is 0 Å². The quantitative estimate of drug-likeness (QED) is 0.702. The predicted octanol–water partition coefficient (Wildman–Crippen LogP) is 1.45. The number of hydrogen-bond donors (Lipinski definition) is 2. The van der Waals surface area contributed by atoms with Crippen LogP contribution in [-0.4, -0.2) is 17.3 Å². The summed E-state index contributed by atoms with van der Waals surface area (Å²) < 4.78 is 4.89. The van der Waals surface area contributed by atoms with Crippen molar-refractivity contribution in [3.8, 4) is 11.5 Å². The summed E-state index contributed by atoms with van der Waals surface area (Å²) in [5.74, 6) is 0.640. The molecule has 1 unspecified atom stereocenters. The highest BCUT2D eigenvalue weighted by Crippen LogP contribution is 2.27. The Morgan fingerprint density at radius 1 is 1.42 bits per heavy atom. The zero-order valence-electron chi connectivity index (χ0n) is 7.11. The Kier molecular flexibility index (Phi) is 2.55. The maximum Gasteiger partial charge on any atom is 0.125 e. The highest BCUT2D eigenvalue weighted by Gasteiger charge is 2.07. The molecule has 0 aliphatic heterocycles. The van der Waals surface area contributed by atoms with Crippen molar-refractivity contribution in [2.45, 2.75) is 13.0 Å². The van der Waals surface area contributed by atoms with Gasteiger partial charge in [-0.05, 0) is 19.1 Å². The molecule has 1 atom stereocenters. The van der Waals surface area contributed by atoms with Crippen molar-refractivity contribution in [2.75, 3.05) is 7.11 Å². The number of rotatable bonds is 2. The van der Waals surface area contributed by atoms with Gasteiger partial charge in [0, 0.05) is 11.6 Å². The van der Waals surface area contributed by atoms with E-state index < -0.39 is 6.10 Å². The molecule has 0 amide bonds. The second kappa shape index (κ2) is 3.45. The van der Waals surface area contributed by atoms with Crippen LogP contribution in [0.4, 0.5) is 0 Å². The standard InChI is InChI=1S/C9H12O3/c1-6(10)8-4-3-7(12-2)5-9(8)11/h3-6,10-11H,1-2H3. The number of hydrogen-bond acceptors (Lipinski definition) is 3. The minimum absolute atomic E-state index is 0.0596. The Morgan fingerprint density at radius 2 is 2.08 bits per heavy atom. The third-order valence-corrected chi connectivity index (χ3v) is 1.69. The van der Waals surface area contributed by atoms with Gasteiger partial charge in [-0.25, -0.2) is 0 Å². The van der Waals surface area contributed by atoms with E-state index in [4.69, 9.17) is 9.84 Å². The third kappa shape index (κ3) is 1.68. The zero-order chi connectivity index (χ0) is 9.14. The van der Waals surface area contributed by atoms with Crippen molar-refractivity contribution < 1.29 is 14.9 Å². The molecule has 3 nitrogen and oxygen atoms in total. The molecule has 0 bridgehead atoms. The van der Waals surface area contributed by atoms with E-state index in [1.54, 1.807) is 19.1 Å². The van der Waals surface area contributed by atoms with Crippen molar-refractivity contribution >= 4 is 0 Å². The summed E-state index contributed by atoms with van der Waals surface area (Å²) in [7, 11) is 1.52. The molecule has 0 aliphatic rings. The van der Waals surface area contributed by atoms with Gasteiger partial charge in [-0.15, -0.1) is 0 Å². The van der Waals surface area contributed by atoms with Gasteiger partial charge in [0.2, 0.25) is 0 Å². The van der Waals surface area contributed by atoms with Gasteiger partial charge < -0.3 is 14.9 Å². The van der Waals surface area contributed by atoms with Crippen molar-refractivity contribution in [3.05, 3.63) is 23.8 Å². The smallest absolute Gasteiger partial charge is 0.125 e. The van der Waals surface area contributed by atoms with Crippen LogP contribution in [0.3, 0.4) is 0 Å². The number of benzene rings is 1. The maximum atomic E-state index is 9.35. The second-order valence-electron chi connectivity index (χ2n) is 2.60. The van der Waals surface area contributed by atoms with Crippen molar-refractivity contribution in [3.63, 3.8) is 0 Å². The molecule has 0 heterocycles. The molecule has 2 N–H and O–H groups in total. The van der Waals surface area contributed by atoms with E-state index in [0.717, 1.165) is 0 Å². The lowest BCUT2D eigenvalue weighted by Crippen LogP contribution is -1.92. The summed E-state index contributed by atoms with van der Waals surface area (Å²) in [6, 6.07) is 4.81. The number of phenolic OH excluding ortho intramolecular Hbond substituents is 1. The Bertz CT molecular complexity index is 268. The summed E-state index contributed by atoms with van der Waals surface area (Å²) in [5.41, 5.74) is 0.510. The molecule has 0 saturated carbocycles. The van der Waals surface area contributed by atoms with Crippen molar-refractivity contribution in [2.24, 2.45) is 0 Å². The van der Waals surface area contributed by atoms with Crippen LogP contribution in [0.15, 0.2) is 18.2 Å². The Morgan fingerprint density at radius 3 is 2.50 bits per heavy atom.